The van der Waals surface area contributed by atoms with Crippen LogP contribution in [-0.4, -0.2) is 47.6 Å². The molecule has 1 saturated heterocycles. The molecular formula is C24H27N3O3. The summed E-state index contributed by atoms with van der Waals surface area (Å²) in [6.07, 6.45) is 4.97. The number of nitrogens with two attached hydrogens (primary N) is 1. The van der Waals surface area contributed by atoms with E-state index in [9.17, 15) is 9.59 Å². The number of carbonyl (C=O) groups excluding carboxylic acids is 2. The van der Waals surface area contributed by atoms with Crippen molar-refractivity contribution in [1.29, 1.82) is 0 Å². The topological polar surface area (TPSA) is 77.6 Å². The van der Waals surface area contributed by atoms with E-state index < -0.39 is 5.91 Å². The Kier molecular flexibility index (Phi) is 6.14. The van der Waals surface area contributed by atoms with Crippen LogP contribution in [0.4, 0.5) is 0 Å². The molecule has 2 aromatic carbocycles. The van der Waals surface area contributed by atoms with Crippen LogP contribution < -0.4 is 5.73 Å². The van der Waals surface area contributed by atoms with Crippen molar-refractivity contribution >= 4 is 22.7 Å². The number of aryl methyl sites for hydroxylation is 2. The van der Waals surface area contributed by atoms with Crippen LogP contribution in [0, 0.1) is 0 Å². The van der Waals surface area contributed by atoms with E-state index in [2.05, 4.69) is 10.6 Å². The molecule has 3 aromatic rings. The third-order valence-electron chi connectivity index (χ3n) is 5.67. The Morgan fingerprint density at radius 1 is 0.967 bits per heavy atom. The number of rotatable bonds is 7. The normalized spacial score (nSPS) is 14.2. The second-order valence-corrected chi connectivity index (χ2v) is 7.68. The van der Waals surface area contributed by atoms with Gasteiger partial charge in [-0.2, -0.15) is 0 Å². The van der Waals surface area contributed by atoms with Gasteiger partial charge in [-0.3, -0.25) is 9.59 Å². The van der Waals surface area contributed by atoms with Crippen molar-refractivity contribution in [3.63, 3.8) is 0 Å². The Morgan fingerprint density at radius 3 is 2.43 bits per heavy atom. The van der Waals surface area contributed by atoms with Crippen LogP contribution in [0.15, 0.2) is 54.7 Å². The van der Waals surface area contributed by atoms with Crippen molar-refractivity contribution in [2.45, 2.75) is 25.8 Å². The summed E-state index contributed by atoms with van der Waals surface area (Å²) < 4.78 is 7.57. The van der Waals surface area contributed by atoms with Crippen LogP contribution >= 0.6 is 0 Å². The fourth-order valence-electron chi connectivity index (χ4n) is 3.99. The summed E-state index contributed by atoms with van der Waals surface area (Å²) in [6, 6.07) is 15.6. The van der Waals surface area contributed by atoms with Gasteiger partial charge in [-0.05, 0) is 43.0 Å². The largest absolute Gasteiger partial charge is 0.378 e. The highest BCUT2D eigenvalue weighted by Gasteiger charge is 2.22. The third kappa shape index (κ3) is 4.39. The number of morpholine rings is 1. The van der Waals surface area contributed by atoms with E-state index in [0.29, 0.717) is 31.9 Å². The van der Waals surface area contributed by atoms with Crippen molar-refractivity contribution in [2.24, 2.45) is 5.73 Å². The van der Waals surface area contributed by atoms with Gasteiger partial charge in [0.25, 0.3) is 5.91 Å². The molecule has 1 aromatic heterocycles. The lowest BCUT2D eigenvalue weighted by Crippen LogP contribution is -2.40. The number of primary amides is 1. The number of hydrogen-bond acceptors (Lipinski definition) is 3. The van der Waals surface area contributed by atoms with E-state index in [1.54, 1.807) is 12.1 Å². The molecule has 0 unspecified atom stereocenters. The van der Waals surface area contributed by atoms with Crippen molar-refractivity contribution in [3.05, 3.63) is 71.4 Å². The van der Waals surface area contributed by atoms with Gasteiger partial charge in [0.05, 0.1) is 18.8 Å². The first-order chi connectivity index (χ1) is 14.6. The molecule has 2 amide bonds. The summed E-state index contributed by atoms with van der Waals surface area (Å²) in [4.78, 5) is 26.1. The molecular weight excluding hydrogens is 378 g/mol. The van der Waals surface area contributed by atoms with Crippen LogP contribution in [0.5, 0.6) is 0 Å². The van der Waals surface area contributed by atoms with E-state index in [4.69, 9.17) is 10.5 Å². The molecule has 0 radical (unpaired) electrons. The molecule has 0 atom stereocenters. The third-order valence-corrected chi connectivity index (χ3v) is 5.67. The summed E-state index contributed by atoms with van der Waals surface area (Å²) >= 11 is 0. The molecule has 0 saturated carbocycles. The molecule has 0 aliphatic carbocycles. The van der Waals surface area contributed by atoms with E-state index in [1.165, 1.54) is 5.56 Å². The molecule has 156 valence electrons. The van der Waals surface area contributed by atoms with Gasteiger partial charge in [0, 0.05) is 42.3 Å². The summed E-state index contributed by atoms with van der Waals surface area (Å²) in [5, 5.41) is 1.01. The first-order valence-corrected chi connectivity index (χ1v) is 10.5. The molecule has 6 heteroatoms. The Labute approximate surface area is 176 Å². The van der Waals surface area contributed by atoms with E-state index in [-0.39, 0.29) is 5.91 Å². The highest BCUT2D eigenvalue weighted by Crippen LogP contribution is 2.24. The van der Waals surface area contributed by atoms with Crippen molar-refractivity contribution in [1.82, 2.24) is 9.47 Å². The summed E-state index contributed by atoms with van der Waals surface area (Å²) in [6.45, 7) is 3.35. The van der Waals surface area contributed by atoms with Crippen molar-refractivity contribution in [3.8, 4) is 0 Å². The number of unbranched alkanes of at least 4 members (excludes halogenated alkanes) is 1. The first kappa shape index (κ1) is 20.2. The average molecular weight is 405 g/mol. The van der Waals surface area contributed by atoms with Gasteiger partial charge < -0.3 is 19.9 Å². The van der Waals surface area contributed by atoms with Gasteiger partial charge in [0.2, 0.25) is 5.91 Å². The molecule has 1 fully saturated rings. The maximum Gasteiger partial charge on any atom is 0.256 e. The number of benzene rings is 2. The predicted octanol–water partition coefficient (Wildman–Crippen LogP) is 3.24. The smallest absolute Gasteiger partial charge is 0.256 e. The van der Waals surface area contributed by atoms with Crippen molar-refractivity contribution < 1.29 is 14.3 Å². The molecule has 0 spiro atoms. The maximum absolute atomic E-state index is 13.0. The first-order valence-electron chi connectivity index (χ1n) is 10.5. The number of hydrogen-bond donors (Lipinski definition) is 1. The Bertz CT molecular complexity index is 1030. The lowest BCUT2D eigenvalue weighted by molar-refractivity contribution is 0.0304. The minimum atomic E-state index is -0.400. The van der Waals surface area contributed by atoms with Crippen LogP contribution in [-0.2, 0) is 17.7 Å². The molecule has 1 aliphatic heterocycles. The summed E-state index contributed by atoms with van der Waals surface area (Å²) in [5.41, 5.74) is 8.89. The molecule has 2 heterocycles. The Morgan fingerprint density at radius 2 is 1.70 bits per heavy atom. The summed E-state index contributed by atoms with van der Waals surface area (Å²) in [7, 11) is 0. The lowest BCUT2D eigenvalue weighted by Gasteiger charge is -2.26. The predicted molar refractivity (Wildman–Crippen MR) is 117 cm³/mol. The molecule has 4 rings (SSSR count). The molecule has 6 nitrogen and oxygen atoms in total. The van der Waals surface area contributed by atoms with E-state index >= 15 is 0 Å². The van der Waals surface area contributed by atoms with Gasteiger partial charge in [0.15, 0.2) is 0 Å². The number of nitrogens with zero attached hydrogens (tertiary/aromatic N) is 2. The number of aromatic nitrogens is 1. The van der Waals surface area contributed by atoms with Gasteiger partial charge in [-0.1, -0.05) is 30.3 Å². The second-order valence-electron chi connectivity index (χ2n) is 7.68. The lowest BCUT2D eigenvalue weighted by atomic mass is 10.1. The molecule has 2 N–H and O–H groups in total. The number of fused-ring (bicyclic) bond motifs is 1. The average Bonchev–Trinajstić information content (AvgIpc) is 3.16. The minimum Gasteiger partial charge on any atom is -0.378 e. The van der Waals surface area contributed by atoms with Crippen LogP contribution in [0.2, 0.25) is 0 Å². The van der Waals surface area contributed by atoms with Gasteiger partial charge in [-0.15, -0.1) is 0 Å². The van der Waals surface area contributed by atoms with Crippen LogP contribution in [0.25, 0.3) is 10.9 Å². The molecule has 30 heavy (non-hydrogen) atoms. The van der Waals surface area contributed by atoms with Crippen LogP contribution in [0.3, 0.4) is 0 Å². The highest BCUT2D eigenvalue weighted by atomic mass is 16.5. The Hall–Kier alpha value is -3.12. The fourth-order valence-corrected chi connectivity index (χ4v) is 3.99. The van der Waals surface area contributed by atoms with E-state index in [1.807, 2.05) is 41.4 Å². The second kappa shape index (κ2) is 9.13. The minimum absolute atomic E-state index is 0.0859. The maximum atomic E-state index is 13.0. The van der Waals surface area contributed by atoms with Gasteiger partial charge >= 0.3 is 0 Å². The number of ether oxygens (including phenoxy) is 1. The summed E-state index contributed by atoms with van der Waals surface area (Å²) in [5.74, 6) is -0.314. The standard InChI is InChI=1S/C24H27N3O3/c25-23(28)19-10-8-18(9-11-19)5-3-4-12-27-17-21(20-6-1-2-7-22(20)27)24(29)26-13-15-30-16-14-26/h1-2,6-11,17H,3-5,12-16H2,(H2,25,28). The number of amides is 2. The zero-order chi connectivity index (χ0) is 20.9. The van der Waals surface area contributed by atoms with E-state index in [0.717, 1.165) is 42.3 Å². The zero-order valence-electron chi connectivity index (χ0n) is 17.0. The van der Waals surface area contributed by atoms with Crippen molar-refractivity contribution in [2.75, 3.05) is 26.3 Å². The highest BCUT2D eigenvalue weighted by molar-refractivity contribution is 6.07. The Balaban J connectivity index is 1.41. The monoisotopic (exact) mass is 405 g/mol. The van der Waals surface area contributed by atoms with Gasteiger partial charge in [0.1, 0.15) is 0 Å². The molecule has 0 bridgehead atoms. The number of carbonyl (C=O) groups is 2. The van der Waals surface area contributed by atoms with Gasteiger partial charge in [-0.25, -0.2) is 0 Å². The SMILES string of the molecule is NC(=O)c1ccc(CCCCn2cc(C(=O)N3CCOCC3)c3ccccc32)cc1. The molecule has 1 aliphatic rings. The quantitative estimate of drug-likeness (QED) is 0.613. The fraction of sp³-hybridized carbons (Fsp3) is 0.333. The van der Waals surface area contributed by atoms with Crippen LogP contribution in [0.1, 0.15) is 39.1 Å². The zero-order valence-corrected chi connectivity index (χ0v) is 17.0. The number of para-hydroxylation sites is 1.